The number of hydrogen-bond donors (Lipinski definition) is 0. The molecule has 1 heteroatoms. The molecule has 1 aromatic rings. The zero-order valence-corrected chi connectivity index (χ0v) is 9.55. The molecular weight excluding hydrogens is 188 g/mol. The predicted octanol–water partition coefficient (Wildman–Crippen LogP) is 4.65. The molecule has 0 N–H and O–H groups in total. The molecule has 0 atom stereocenters. The average molecular weight is 204 g/mol. The molecule has 0 amide bonds. The molecule has 0 radical (unpaired) electrons. The summed E-state index contributed by atoms with van der Waals surface area (Å²) in [5.41, 5.74) is 0. The van der Waals surface area contributed by atoms with Crippen molar-refractivity contribution in [2.24, 2.45) is 0 Å². The van der Waals surface area contributed by atoms with Gasteiger partial charge in [0.25, 0.3) is 0 Å². The van der Waals surface area contributed by atoms with E-state index in [1.807, 2.05) is 24.8 Å². The largest absolute Gasteiger partial charge is 0.0946 e. The van der Waals surface area contributed by atoms with E-state index in [1.165, 1.54) is 9.80 Å². The van der Waals surface area contributed by atoms with E-state index in [2.05, 4.69) is 49.4 Å². The Kier molecular flexibility index (Phi) is 5.16. The lowest BCUT2D eigenvalue weighted by Gasteiger charge is -2.02. The Morgan fingerprint density at radius 3 is 2.57 bits per heavy atom. The third kappa shape index (κ3) is 3.84. The topological polar surface area (TPSA) is 0 Å². The molecular formula is C13H16S. The molecule has 1 rings (SSSR count). The van der Waals surface area contributed by atoms with Gasteiger partial charge in [-0.05, 0) is 30.4 Å². The third-order valence-corrected chi connectivity index (χ3v) is 3.01. The van der Waals surface area contributed by atoms with Crippen LogP contribution in [-0.4, -0.2) is 0 Å². The molecule has 0 aliphatic heterocycles. The first-order valence-corrected chi connectivity index (χ1v) is 5.73. The van der Waals surface area contributed by atoms with Crippen LogP contribution in [0, 0.1) is 0 Å². The Morgan fingerprint density at radius 2 is 2.00 bits per heavy atom. The van der Waals surface area contributed by atoms with E-state index in [0.29, 0.717) is 0 Å². The minimum absolute atomic E-state index is 1.09. The van der Waals surface area contributed by atoms with Crippen LogP contribution in [0.4, 0.5) is 0 Å². The first kappa shape index (κ1) is 11.1. The highest BCUT2D eigenvalue weighted by Crippen LogP contribution is 2.28. The fraction of sp³-hybridized carbons (Fsp3) is 0.231. The summed E-state index contributed by atoms with van der Waals surface area (Å²) in [7, 11) is 0. The van der Waals surface area contributed by atoms with Crippen LogP contribution in [0.25, 0.3) is 0 Å². The maximum absolute atomic E-state index is 2.19. The first-order valence-electron chi connectivity index (χ1n) is 4.91. The monoisotopic (exact) mass is 204 g/mol. The highest BCUT2D eigenvalue weighted by Gasteiger charge is 1.95. The fourth-order valence-corrected chi connectivity index (χ4v) is 1.95. The van der Waals surface area contributed by atoms with Gasteiger partial charge in [-0.25, -0.2) is 0 Å². The van der Waals surface area contributed by atoms with Crippen LogP contribution in [0.15, 0.2) is 58.4 Å². The highest BCUT2D eigenvalue weighted by atomic mass is 32.2. The minimum Gasteiger partial charge on any atom is -0.0946 e. The molecule has 0 aromatic heterocycles. The normalized spacial score (nSPS) is 12.3. The van der Waals surface area contributed by atoms with Gasteiger partial charge in [0.2, 0.25) is 0 Å². The second kappa shape index (κ2) is 6.50. The van der Waals surface area contributed by atoms with E-state index < -0.39 is 0 Å². The van der Waals surface area contributed by atoms with E-state index in [-0.39, 0.29) is 0 Å². The van der Waals surface area contributed by atoms with Gasteiger partial charge in [-0.3, -0.25) is 0 Å². The van der Waals surface area contributed by atoms with Crippen molar-refractivity contribution in [2.45, 2.75) is 25.2 Å². The fourth-order valence-electron chi connectivity index (χ4n) is 1.07. The summed E-state index contributed by atoms with van der Waals surface area (Å²) < 4.78 is 0. The molecule has 14 heavy (non-hydrogen) atoms. The molecule has 0 fully saturated rings. The Balaban J connectivity index is 2.66. The van der Waals surface area contributed by atoms with Crippen LogP contribution >= 0.6 is 11.8 Å². The summed E-state index contributed by atoms with van der Waals surface area (Å²) in [5.74, 6) is 0. The maximum atomic E-state index is 2.19. The molecule has 0 spiro atoms. The number of allylic oxidation sites excluding steroid dienone is 4. The van der Waals surface area contributed by atoms with Gasteiger partial charge in [-0.2, -0.15) is 0 Å². The number of benzene rings is 1. The number of hydrogen-bond acceptors (Lipinski definition) is 1. The SMILES string of the molecule is C/C=C\C=C(/CC)Sc1ccccc1. The minimum atomic E-state index is 1.09. The van der Waals surface area contributed by atoms with Crippen LogP contribution in [0.2, 0.25) is 0 Å². The summed E-state index contributed by atoms with van der Waals surface area (Å²) >= 11 is 1.84. The smallest absolute Gasteiger partial charge is 0.0119 e. The van der Waals surface area contributed by atoms with E-state index >= 15 is 0 Å². The van der Waals surface area contributed by atoms with Gasteiger partial charge in [0.05, 0.1) is 0 Å². The van der Waals surface area contributed by atoms with Crippen LogP contribution < -0.4 is 0 Å². The second-order valence-electron chi connectivity index (χ2n) is 2.93. The van der Waals surface area contributed by atoms with Crippen LogP contribution in [0.3, 0.4) is 0 Å². The Morgan fingerprint density at radius 1 is 1.29 bits per heavy atom. The van der Waals surface area contributed by atoms with Gasteiger partial charge in [0.15, 0.2) is 0 Å². The molecule has 0 aliphatic carbocycles. The maximum Gasteiger partial charge on any atom is 0.0119 e. The van der Waals surface area contributed by atoms with Crippen molar-refractivity contribution in [3.63, 3.8) is 0 Å². The Hall–Kier alpha value is -0.950. The van der Waals surface area contributed by atoms with Crippen molar-refractivity contribution in [2.75, 3.05) is 0 Å². The molecule has 0 saturated carbocycles. The number of rotatable bonds is 4. The third-order valence-electron chi connectivity index (χ3n) is 1.82. The molecule has 74 valence electrons. The molecule has 0 heterocycles. The Bertz CT molecular complexity index is 309. The standard InChI is InChI=1S/C13H16S/c1-3-5-9-12(4-2)14-13-10-7-6-8-11-13/h3,5-11H,4H2,1-2H3/b5-3-,12-9+. The summed E-state index contributed by atoms with van der Waals surface area (Å²) in [6, 6.07) is 10.5. The first-order chi connectivity index (χ1) is 6.86. The van der Waals surface area contributed by atoms with E-state index in [9.17, 15) is 0 Å². The quantitative estimate of drug-likeness (QED) is 0.508. The summed E-state index contributed by atoms with van der Waals surface area (Å²) in [4.78, 5) is 2.71. The lowest BCUT2D eigenvalue weighted by Crippen LogP contribution is -1.74. The lowest BCUT2D eigenvalue weighted by molar-refractivity contribution is 1.20. The lowest BCUT2D eigenvalue weighted by atomic mass is 10.4. The molecule has 0 bridgehead atoms. The Labute approximate surface area is 90.7 Å². The van der Waals surface area contributed by atoms with Crippen LogP contribution in [0.1, 0.15) is 20.3 Å². The molecule has 0 nitrogen and oxygen atoms in total. The van der Waals surface area contributed by atoms with Crippen molar-refractivity contribution in [3.8, 4) is 0 Å². The van der Waals surface area contributed by atoms with Crippen molar-refractivity contribution in [3.05, 3.63) is 53.5 Å². The average Bonchev–Trinajstić information content (AvgIpc) is 2.25. The van der Waals surface area contributed by atoms with Gasteiger partial charge in [-0.15, -0.1) is 0 Å². The summed E-state index contributed by atoms with van der Waals surface area (Å²) in [5, 5.41) is 0. The van der Waals surface area contributed by atoms with Crippen LogP contribution in [-0.2, 0) is 0 Å². The van der Waals surface area contributed by atoms with Crippen LogP contribution in [0.5, 0.6) is 0 Å². The van der Waals surface area contributed by atoms with Crippen molar-refractivity contribution in [1.29, 1.82) is 0 Å². The van der Waals surface area contributed by atoms with Gasteiger partial charge >= 0.3 is 0 Å². The van der Waals surface area contributed by atoms with E-state index in [4.69, 9.17) is 0 Å². The summed E-state index contributed by atoms with van der Waals surface area (Å²) in [6.07, 6.45) is 7.41. The molecule has 0 aliphatic rings. The van der Waals surface area contributed by atoms with Gasteiger partial charge in [0, 0.05) is 4.90 Å². The second-order valence-corrected chi connectivity index (χ2v) is 4.13. The van der Waals surface area contributed by atoms with Crippen molar-refractivity contribution in [1.82, 2.24) is 0 Å². The molecule has 0 unspecified atom stereocenters. The summed E-state index contributed by atoms with van der Waals surface area (Å²) in [6.45, 7) is 4.22. The molecule has 1 aromatic carbocycles. The predicted molar refractivity (Wildman–Crippen MR) is 65.5 cm³/mol. The molecule has 0 saturated heterocycles. The highest BCUT2D eigenvalue weighted by molar-refractivity contribution is 8.03. The van der Waals surface area contributed by atoms with Gasteiger partial charge < -0.3 is 0 Å². The zero-order chi connectivity index (χ0) is 10.2. The van der Waals surface area contributed by atoms with Gasteiger partial charge in [-0.1, -0.05) is 55.1 Å². The van der Waals surface area contributed by atoms with E-state index in [0.717, 1.165) is 6.42 Å². The zero-order valence-electron chi connectivity index (χ0n) is 8.73. The van der Waals surface area contributed by atoms with Crippen molar-refractivity contribution >= 4 is 11.8 Å². The number of thioether (sulfide) groups is 1. The van der Waals surface area contributed by atoms with Gasteiger partial charge in [0.1, 0.15) is 0 Å². The van der Waals surface area contributed by atoms with E-state index in [1.54, 1.807) is 0 Å². The van der Waals surface area contributed by atoms with Crippen molar-refractivity contribution < 1.29 is 0 Å².